The molecule has 2 aromatic rings. The molecule has 0 atom stereocenters. The number of amides is 1. The van der Waals surface area contributed by atoms with Crippen LogP contribution >= 0.6 is 0 Å². The first-order valence-electron chi connectivity index (χ1n) is 8.77. The molecule has 0 aromatic heterocycles. The number of nitrogens with zero attached hydrogens (tertiary/aromatic N) is 2. The highest BCUT2D eigenvalue weighted by Gasteiger charge is 2.11. The lowest BCUT2D eigenvalue weighted by Crippen LogP contribution is -2.30. The quantitative estimate of drug-likeness (QED) is 0.557. The van der Waals surface area contributed by atoms with E-state index < -0.39 is 5.97 Å². The van der Waals surface area contributed by atoms with Crippen molar-refractivity contribution in [3.63, 3.8) is 0 Å². The Balaban J connectivity index is 1.79. The van der Waals surface area contributed by atoms with Gasteiger partial charge in [0.2, 0.25) is 0 Å². The lowest BCUT2D eigenvalue weighted by molar-refractivity contribution is -0.147. The van der Waals surface area contributed by atoms with Gasteiger partial charge in [0.15, 0.2) is 6.61 Å². The average Bonchev–Trinajstić information content (AvgIpc) is 2.66. The first-order chi connectivity index (χ1) is 12.8. The van der Waals surface area contributed by atoms with E-state index in [-0.39, 0.29) is 12.5 Å². The Kier molecular flexibility index (Phi) is 7.17. The molecule has 0 heterocycles. The molecule has 27 heavy (non-hydrogen) atoms. The predicted molar refractivity (Wildman–Crippen MR) is 108 cm³/mol. The predicted octanol–water partition coefficient (Wildman–Crippen LogP) is 3.28. The van der Waals surface area contributed by atoms with E-state index in [2.05, 4.69) is 0 Å². The number of esters is 1. The third-order valence-corrected chi connectivity index (χ3v) is 4.13. The lowest BCUT2D eigenvalue weighted by Gasteiger charge is -2.18. The van der Waals surface area contributed by atoms with Crippen molar-refractivity contribution in [1.82, 2.24) is 4.90 Å². The van der Waals surface area contributed by atoms with Gasteiger partial charge < -0.3 is 14.5 Å². The number of anilines is 1. The molecule has 5 nitrogen and oxygen atoms in total. The zero-order valence-electron chi connectivity index (χ0n) is 16.3. The maximum atomic E-state index is 12.2. The van der Waals surface area contributed by atoms with Crippen molar-refractivity contribution in [3.8, 4) is 0 Å². The summed E-state index contributed by atoms with van der Waals surface area (Å²) in [6, 6.07) is 15.7. The number of benzene rings is 2. The number of carbonyl (C=O) groups excluding carboxylic acids is 2. The third-order valence-electron chi connectivity index (χ3n) is 4.13. The highest BCUT2D eigenvalue weighted by atomic mass is 16.5. The van der Waals surface area contributed by atoms with Gasteiger partial charge in [0.05, 0.1) is 0 Å². The van der Waals surface area contributed by atoms with Crippen molar-refractivity contribution in [2.45, 2.75) is 13.5 Å². The first kappa shape index (κ1) is 20.2. The van der Waals surface area contributed by atoms with Crippen molar-refractivity contribution >= 4 is 23.6 Å². The van der Waals surface area contributed by atoms with Crippen LogP contribution in [0.3, 0.4) is 0 Å². The molecule has 0 N–H and O–H groups in total. The summed E-state index contributed by atoms with van der Waals surface area (Å²) in [6.45, 7) is 2.19. The molecule has 2 rings (SSSR count). The molecule has 0 aliphatic rings. The Morgan fingerprint density at radius 2 is 1.59 bits per heavy atom. The Hall–Kier alpha value is -3.08. The fraction of sp³-hybridized carbons (Fsp3) is 0.273. The third kappa shape index (κ3) is 6.62. The summed E-state index contributed by atoms with van der Waals surface area (Å²) in [4.78, 5) is 27.5. The van der Waals surface area contributed by atoms with Crippen LogP contribution in [0.15, 0.2) is 54.6 Å². The molecule has 0 saturated heterocycles. The van der Waals surface area contributed by atoms with Gasteiger partial charge in [0.25, 0.3) is 5.91 Å². The number of ether oxygens (including phenoxy) is 1. The standard InChI is InChI=1S/C22H26N2O3/c1-17-5-7-18(8-6-17)11-14-22(26)27-16-21(25)24(4)15-19-9-12-20(13-10-19)23(2)3/h5-14H,15-16H2,1-4H3/b14-11+. The van der Waals surface area contributed by atoms with Crippen molar-refractivity contribution in [3.05, 3.63) is 71.3 Å². The molecule has 5 heteroatoms. The molecule has 0 aliphatic heterocycles. The van der Waals surface area contributed by atoms with Crippen LogP contribution in [0.25, 0.3) is 6.08 Å². The topological polar surface area (TPSA) is 49.9 Å². The number of carbonyl (C=O) groups is 2. The molecule has 2 aromatic carbocycles. The summed E-state index contributed by atoms with van der Waals surface area (Å²) in [5.74, 6) is -0.781. The van der Waals surface area contributed by atoms with E-state index in [4.69, 9.17) is 4.74 Å². The molecule has 0 unspecified atom stereocenters. The molecule has 0 spiro atoms. The molecule has 0 radical (unpaired) electrons. The minimum Gasteiger partial charge on any atom is -0.452 e. The van der Waals surface area contributed by atoms with E-state index in [1.165, 1.54) is 6.08 Å². The monoisotopic (exact) mass is 366 g/mol. The molecule has 0 saturated carbocycles. The summed E-state index contributed by atoms with van der Waals surface area (Å²) in [5.41, 5.74) is 4.17. The van der Waals surface area contributed by atoms with Crippen LogP contribution in [0.2, 0.25) is 0 Å². The van der Waals surface area contributed by atoms with Gasteiger partial charge in [-0.25, -0.2) is 4.79 Å². The van der Waals surface area contributed by atoms with Crippen molar-refractivity contribution < 1.29 is 14.3 Å². The zero-order valence-corrected chi connectivity index (χ0v) is 16.3. The normalized spacial score (nSPS) is 10.7. The number of likely N-dealkylation sites (N-methyl/N-ethyl adjacent to an activating group) is 1. The van der Waals surface area contributed by atoms with Crippen LogP contribution in [-0.2, 0) is 20.9 Å². The number of hydrogen-bond acceptors (Lipinski definition) is 4. The summed E-state index contributed by atoms with van der Waals surface area (Å²) in [6.07, 6.45) is 3.00. The van der Waals surface area contributed by atoms with Gasteiger partial charge in [-0.3, -0.25) is 4.79 Å². The van der Waals surface area contributed by atoms with Crippen LogP contribution in [0.5, 0.6) is 0 Å². The van der Waals surface area contributed by atoms with E-state index >= 15 is 0 Å². The Labute approximate surface area is 160 Å². The van der Waals surface area contributed by atoms with Crippen LogP contribution in [0.4, 0.5) is 5.69 Å². The minimum atomic E-state index is -0.535. The molecule has 1 amide bonds. The smallest absolute Gasteiger partial charge is 0.331 e. The molecular weight excluding hydrogens is 340 g/mol. The number of rotatable bonds is 7. The summed E-state index contributed by atoms with van der Waals surface area (Å²) in [7, 11) is 5.65. The van der Waals surface area contributed by atoms with Gasteiger partial charge >= 0.3 is 5.97 Å². The van der Waals surface area contributed by atoms with E-state index in [1.807, 2.05) is 74.4 Å². The second-order valence-electron chi connectivity index (χ2n) is 6.66. The van der Waals surface area contributed by atoms with Gasteiger partial charge in [-0.1, -0.05) is 42.0 Å². The molecule has 0 aliphatic carbocycles. The van der Waals surface area contributed by atoms with Crippen molar-refractivity contribution in [1.29, 1.82) is 0 Å². The molecule has 0 fully saturated rings. The maximum absolute atomic E-state index is 12.2. The lowest BCUT2D eigenvalue weighted by atomic mass is 10.1. The minimum absolute atomic E-state index is 0.247. The zero-order chi connectivity index (χ0) is 19.8. The van der Waals surface area contributed by atoms with Gasteiger partial charge in [-0.2, -0.15) is 0 Å². The Morgan fingerprint density at radius 3 is 2.19 bits per heavy atom. The van der Waals surface area contributed by atoms with Crippen LogP contribution in [0.1, 0.15) is 16.7 Å². The summed E-state index contributed by atoms with van der Waals surface area (Å²) in [5, 5.41) is 0. The Bertz CT molecular complexity index is 793. The fourth-order valence-electron chi connectivity index (χ4n) is 2.39. The second kappa shape index (κ2) is 9.57. The maximum Gasteiger partial charge on any atom is 0.331 e. The van der Waals surface area contributed by atoms with Crippen molar-refractivity contribution in [2.75, 3.05) is 32.6 Å². The van der Waals surface area contributed by atoms with E-state index in [0.717, 1.165) is 22.4 Å². The molecule has 142 valence electrons. The fourth-order valence-corrected chi connectivity index (χ4v) is 2.39. The van der Waals surface area contributed by atoms with Gasteiger partial charge in [-0.15, -0.1) is 0 Å². The van der Waals surface area contributed by atoms with E-state index in [0.29, 0.717) is 6.54 Å². The van der Waals surface area contributed by atoms with E-state index in [1.54, 1.807) is 18.0 Å². The van der Waals surface area contributed by atoms with Crippen LogP contribution in [-0.4, -0.2) is 44.5 Å². The Morgan fingerprint density at radius 1 is 0.963 bits per heavy atom. The van der Waals surface area contributed by atoms with Crippen LogP contribution < -0.4 is 4.90 Å². The number of hydrogen-bond donors (Lipinski definition) is 0. The van der Waals surface area contributed by atoms with Gasteiger partial charge in [-0.05, 0) is 36.3 Å². The highest BCUT2D eigenvalue weighted by Crippen LogP contribution is 2.13. The number of aryl methyl sites for hydroxylation is 1. The average molecular weight is 366 g/mol. The molecule has 0 bridgehead atoms. The first-order valence-corrected chi connectivity index (χ1v) is 8.77. The SMILES string of the molecule is Cc1ccc(/C=C/C(=O)OCC(=O)N(C)Cc2ccc(N(C)C)cc2)cc1. The van der Waals surface area contributed by atoms with Crippen molar-refractivity contribution in [2.24, 2.45) is 0 Å². The van der Waals surface area contributed by atoms with Gasteiger partial charge in [0, 0.05) is 39.5 Å². The highest BCUT2D eigenvalue weighted by molar-refractivity contribution is 5.89. The largest absolute Gasteiger partial charge is 0.452 e. The molecular formula is C22H26N2O3. The summed E-state index contributed by atoms with van der Waals surface area (Å²) < 4.78 is 5.04. The summed E-state index contributed by atoms with van der Waals surface area (Å²) >= 11 is 0. The van der Waals surface area contributed by atoms with Gasteiger partial charge in [0.1, 0.15) is 0 Å². The van der Waals surface area contributed by atoms with E-state index in [9.17, 15) is 9.59 Å². The van der Waals surface area contributed by atoms with Crippen LogP contribution in [0, 0.1) is 6.92 Å². The second-order valence-corrected chi connectivity index (χ2v) is 6.66.